The van der Waals surface area contributed by atoms with Gasteiger partial charge in [-0.1, -0.05) is 20.8 Å². The van der Waals surface area contributed by atoms with Crippen LogP contribution in [-0.4, -0.2) is 33.9 Å². The minimum absolute atomic E-state index is 0.00490. The van der Waals surface area contributed by atoms with Gasteiger partial charge in [-0.25, -0.2) is 4.79 Å². The summed E-state index contributed by atoms with van der Waals surface area (Å²) >= 11 is 0. The number of carboxylic acids is 1. The minimum Gasteiger partial charge on any atom is -0.476 e. The lowest BCUT2D eigenvalue weighted by Gasteiger charge is -2.60. The van der Waals surface area contributed by atoms with Crippen molar-refractivity contribution in [1.29, 1.82) is 0 Å². The fraction of sp³-hybridized carbons (Fsp3) is 0.875. The maximum atomic E-state index is 13.6. The molecule has 4 rings (SSSR count). The van der Waals surface area contributed by atoms with Crippen LogP contribution in [0.3, 0.4) is 0 Å². The minimum atomic E-state index is -1.35. The maximum absolute atomic E-state index is 13.6. The molecule has 4 fully saturated rings. The Labute approximate surface area is 173 Å². The van der Waals surface area contributed by atoms with E-state index < -0.39 is 11.8 Å². The molecule has 9 atom stereocenters. The fourth-order valence-corrected chi connectivity index (χ4v) is 8.54. The SMILES string of the molecule is C[C@H](CC(=O)C(=O)O)[C@H]1CC[C@H]2[C@@H]3CC[C@@H]4CC(O)CC[C@]4(C)[C@H]3C(=O)C[C@]12C. The smallest absolute Gasteiger partial charge is 0.372 e. The molecule has 0 aromatic rings. The normalized spacial score (nSPS) is 47.7. The summed E-state index contributed by atoms with van der Waals surface area (Å²) in [5.74, 6) is 0.0227. The molecule has 0 aliphatic heterocycles. The summed E-state index contributed by atoms with van der Waals surface area (Å²) in [6.07, 6.45) is 7.27. The van der Waals surface area contributed by atoms with Gasteiger partial charge >= 0.3 is 5.97 Å². The molecule has 4 aliphatic rings. The molecule has 5 heteroatoms. The zero-order valence-electron chi connectivity index (χ0n) is 18.0. The number of carbonyl (C=O) groups is 3. The highest BCUT2D eigenvalue weighted by molar-refractivity contribution is 6.32. The summed E-state index contributed by atoms with van der Waals surface area (Å²) in [4.78, 5) is 36.4. The van der Waals surface area contributed by atoms with Crippen LogP contribution in [0.25, 0.3) is 0 Å². The molecule has 0 aromatic heterocycles. The van der Waals surface area contributed by atoms with Gasteiger partial charge in [0.2, 0.25) is 5.78 Å². The lowest BCUT2D eigenvalue weighted by atomic mass is 9.44. The molecular formula is C24H36O5. The summed E-state index contributed by atoms with van der Waals surface area (Å²) in [6.45, 7) is 6.54. The Kier molecular flexibility index (Phi) is 5.20. The first-order valence-corrected chi connectivity index (χ1v) is 11.5. The zero-order chi connectivity index (χ0) is 21.1. The van der Waals surface area contributed by atoms with Gasteiger partial charge in [-0.05, 0) is 85.4 Å². The molecule has 0 radical (unpaired) electrons. The number of aliphatic hydroxyl groups is 1. The van der Waals surface area contributed by atoms with Crippen LogP contribution >= 0.6 is 0 Å². The summed E-state index contributed by atoms with van der Waals surface area (Å²) in [7, 11) is 0. The first-order chi connectivity index (χ1) is 13.6. The molecule has 0 spiro atoms. The molecule has 0 heterocycles. The van der Waals surface area contributed by atoms with E-state index in [4.69, 9.17) is 5.11 Å². The first-order valence-electron chi connectivity index (χ1n) is 11.5. The Hall–Kier alpha value is -1.23. The highest BCUT2D eigenvalue weighted by Gasteiger charge is 2.63. The van der Waals surface area contributed by atoms with E-state index in [1.54, 1.807) is 0 Å². The highest BCUT2D eigenvalue weighted by Crippen LogP contribution is 2.67. The Morgan fingerprint density at radius 2 is 1.83 bits per heavy atom. The zero-order valence-corrected chi connectivity index (χ0v) is 18.0. The van der Waals surface area contributed by atoms with Gasteiger partial charge in [0.05, 0.1) is 6.10 Å². The van der Waals surface area contributed by atoms with E-state index in [2.05, 4.69) is 13.8 Å². The van der Waals surface area contributed by atoms with Crippen LogP contribution in [0.1, 0.15) is 78.6 Å². The lowest BCUT2D eigenvalue weighted by Crippen LogP contribution is -2.58. The molecule has 4 saturated carbocycles. The van der Waals surface area contributed by atoms with Gasteiger partial charge in [-0.2, -0.15) is 0 Å². The van der Waals surface area contributed by atoms with Crippen molar-refractivity contribution in [2.24, 2.45) is 46.3 Å². The van der Waals surface area contributed by atoms with Crippen LogP contribution in [-0.2, 0) is 14.4 Å². The predicted octanol–water partition coefficient (Wildman–Crippen LogP) is 3.87. The van der Waals surface area contributed by atoms with E-state index in [0.29, 0.717) is 30.0 Å². The number of carbonyl (C=O) groups excluding carboxylic acids is 2. The summed E-state index contributed by atoms with van der Waals surface area (Å²) in [6, 6.07) is 0. The number of hydrogen-bond acceptors (Lipinski definition) is 4. The highest BCUT2D eigenvalue weighted by atomic mass is 16.4. The van der Waals surface area contributed by atoms with Crippen LogP contribution in [0, 0.1) is 46.3 Å². The largest absolute Gasteiger partial charge is 0.476 e. The van der Waals surface area contributed by atoms with Crippen LogP contribution < -0.4 is 0 Å². The van der Waals surface area contributed by atoms with Crippen molar-refractivity contribution in [3.05, 3.63) is 0 Å². The van der Waals surface area contributed by atoms with Crippen LogP contribution in [0.15, 0.2) is 0 Å². The van der Waals surface area contributed by atoms with E-state index in [-0.39, 0.29) is 41.1 Å². The molecule has 1 unspecified atom stereocenters. The maximum Gasteiger partial charge on any atom is 0.372 e. The summed E-state index contributed by atoms with van der Waals surface area (Å²) < 4.78 is 0. The fourth-order valence-electron chi connectivity index (χ4n) is 8.54. The van der Waals surface area contributed by atoms with E-state index in [1.807, 2.05) is 6.92 Å². The van der Waals surface area contributed by atoms with Gasteiger partial charge in [0.25, 0.3) is 0 Å². The molecule has 4 aliphatic carbocycles. The van der Waals surface area contributed by atoms with Crippen LogP contribution in [0.5, 0.6) is 0 Å². The van der Waals surface area contributed by atoms with Crippen molar-refractivity contribution in [3.8, 4) is 0 Å². The third-order valence-electron chi connectivity index (χ3n) is 9.83. The second-order valence-corrected chi connectivity index (χ2v) is 11.2. The molecule has 0 aromatic carbocycles. The summed E-state index contributed by atoms with van der Waals surface area (Å²) in [5.41, 5.74) is -0.0998. The number of aliphatic hydroxyl groups excluding tert-OH is 1. The predicted molar refractivity (Wildman–Crippen MR) is 108 cm³/mol. The Bertz CT molecular complexity index is 716. The van der Waals surface area contributed by atoms with Crippen LogP contribution in [0.2, 0.25) is 0 Å². The van der Waals surface area contributed by atoms with Gasteiger partial charge in [0, 0.05) is 18.8 Å². The van der Waals surface area contributed by atoms with Crippen molar-refractivity contribution in [1.82, 2.24) is 0 Å². The molecule has 162 valence electrons. The second kappa shape index (κ2) is 7.18. The van der Waals surface area contributed by atoms with Gasteiger partial charge in [-0.3, -0.25) is 9.59 Å². The second-order valence-electron chi connectivity index (χ2n) is 11.2. The molecule has 5 nitrogen and oxygen atoms in total. The molecule has 0 saturated heterocycles. The van der Waals surface area contributed by atoms with Crippen molar-refractivity contribution in [3.63, 3.8) is 0 Å². The number of hydrogen-bond donors (Lipinski definition) is 2. The number of aliphatic carboxylic acids is 1. The molecular weight excluding hydrogens is 368 g/mol. The number of Topliss-reactive ketones (excluding diaryl/α,β-unsaturated/α-hetero) is 2. The number of fused-ring (bicyclic) bond motifs is 5. The molecule has 0 bridgehead atoms. The standard InChI is InChI=1S/C24H36O5/c1-13(10-19(26)22(28)29)17-6-7-18-16-5-4-14-11-15(25)8-9-23(14,2)21(16)20(27)12-24(17,18)3/h13-18,21,25H,4-12H2,1-3H3,(H,28,29)/t13-,14-,15?,16+,17-,18+,21-,23+,24-/m1/s1. The lowest BCUT2D eigenvalue weighted by molar-refractivity contribution is -0.162. The summed E-state index contributed by atoms with van der Waals surface area (Å²) in [5, 5.41) is 19.2. The quantitative estimate of drug-likeness (QED) is 0.694. The van der Waals surface area contributed by atoms with E-state index >= 15 is 0 Å². The third kappa shape index (κ3) is 3.19. The van der Waals surface area contributed by atoms with Crippen molar-refractivity contribution in [2.75, 3.05) is 0 Å². The van der Waals surface area contributed by atoms with Crippen molar-refractivity contribution < 1.29 is 24.6 Å². The molecule has 0 amide bonds. The topological polar surface area (TPSA) is 91.7 Å². The average molecular weight is 405 g/mol. The van der Waals surface area contributed by atoms with Crippen molar-refractivity contribution in [2.45, 2.75) is 84.7 Å². The Balaban J connectivity index is 1.58. The third-order valence-corrected chi connectivity index (χ3v) is 9.83. The molecule has 2 N–H and O–H groups in total. The van der Waals surface area contributed by atoms with E-state index in [1.165, 1.54) is 0 Å². The molecule has 29 heavy (non-hydrogen) atoms. The Morgan fingerprint density at radius 1 is 1.10 bits per heavy atom. The van der Waals surface area contributed by atoms with E-state index in [0.717, 1.165) is 44.9 Å². The van der Waals surface area contributed by atoms with E-state index in [9.17, 15) is 19.5 Å². The number of ketones is 2. The van der Waals surface area contributed by atoms with Gasteiger partial charge < -0.3 is 10.2 Å². The average Bonchev–Trinajstić information content (AvgIpc) is 2.98. The van der Waals surface area contributed by atoms with Crippen molar-refractivity contribution >= 4 is 17.5 Å². The van der Waals surface area contributed by atoms with Gasteiger partial charge in [-0.15, -0.1) is 0 Å². The van der Waals surface area contributed by atoms with Gasteiger partial charge in [0.1, 0.15) is 5.78 Å². The van der Waals surface area contributed by atoms with Gasteiger partial charge in [0.15, 0.2) is 0 Å². The monoisotopic (exact) mass is 404 g/mol. The number of carboxylic acid groups (broad SMARTS) is 1. The number of rotatable bonds is 4. The Morgan fingerprint density at radius 3 is 2.52 bits per heavy atom. The first kappa shape index (κ1) is 21.0. The van der Waals surface area contributed by atoms with Crippen LogP contribution in [0.4, 0.5) is 0 Å².